The number of benzene rings is 5. The van der Waals surface area contributed by atoms with Crippen LogP contribution >= 0.6 is 7.92 Å². The second-order valence-corrected chi connectivity index (χ2v) is 13.6. The number of aliphatic imine (C=N–C) groups is 1. The van der Waals surface area contributed by atoms with Crippen molar-refractivity contribution in [2.75, 3.05) is 6.61 Å². The van der Waals surface area contributed by atoms with E-state index in [1.54, 1.807) is 5.56 Å². The Morgan fingerprint density at radius 2 is 1.20 bits per heavy atom. The lowest BCUT2D eigenvalue weighted by molar-refractivity contribution is 0.319. The van der Waals surface area contributed by atoms with E-state index in [1.807, 2.05) is 0 Å². The number of ether oxygens (including phenoxy) is 1. The van der Waals surface area contributed by atoms with Crippen molar-refractivity contribution in [3.05, 3.63) is 161 Å². The molecule has 41 heavy (non-hydrogen) atoms. The molecule has 0 saturated carbocycles. The zero-order valence-electron chi connectivity index (χ0n) is 23.0. The molecule has 1 heterocycles. The third kappa shape index (κ3) is 4.08. The van der Waals surface area contributed by atoms with Crippen LogP contribution in [0.5, 0.6) is 0 Å². The van der Waals surface area contributed by atoms with Crippen molar-refractivity contribution in [3.63, 3.8) is 0 Å². The van der Waals surface area contributed by atoms with Crippen molar-refractivity contribution in [2.24, 2.45) is 4.99 Å². The molecule has 0 radical (unpaired) electrons. The Kier molecular flexibility index (Phi) is 6.12. The van der Waals surface area contributed by atoms with E-state index < -0.39 is 7.92 Å². The van der Waals surface area contributed by atoms with E-state index in [1.165, 1.54) is 43.7 Å². The number of fused-ring (bicyclic) bond motifs is 4. The van der Waals surface area contributed by atoms with Crippen LogP contribution in [0.2, 0.25) is 0 Å². The first-order valence-corrected chi connectivity index (χ1v) is 16.1. The molecule has 0 saturated heterocycles. The second-order valence-electron chi connectivity index (χ2n) is 11.4. The predicted molar refractivity (Wildman–Crippen MR) is 171 cm³/mol. The summed E-state index contributed by atoms with van der Waals surface area (Å²) < 4.78 is 6.39. The lowest BCUT2D eigenvalue weighted by atomic mass is 9.74. The van der Waals surface area contributed by atoms with Crippen LogP contribution in [-0.2, 0) is 23.0 Å². The maximum atomic E-state index is 6.39. The van der Waals surface area contributed by atoms with Crippen LogP contribution in [0, 0.1) is 0 Å². The summed E-state index contributed by atoms with van der Waals surface area (Å²) >= 11 is 0. The summed E-state index contributed by atoms with van der Waals surface area (Å²) in [4.78, 5) is 5.17. The van der Waals surface area contributed by atoms with Crippen LogP contribution in [-0.4, -0.2) is 12.5 Å². The minimum Gasteiger partial charge on any atom is -0.475 e. The molecule has 1 unspecified atom stereocenters. The van der Waals surface area contributed by atoms with Crippen LogP contribution in [0.15, 0.2) is 132 Å². The third-order valence-corrected chi connectivity index (χ3v) is 11.7. The standard InChI is InChI=1S/C38H32NOP/c1-4-12-27(13-5-1)33-26-40-37(39-33)32-20-10-14-28-22-24-38(35(28)32)25-23-29-15-11-21-34(36(29)38)41(30-16-6-2-7-17-30)31-18-8-3-9-19-31/h1-21,33H,22-26H2/t33-,38?/m1/s1. The average Bonchev–Trinajstić information content (AvgIpc) is 3.78. The third-order valence-electron chi connectivity index (χ3n) is 9.21. The maximum absolute atomic E-state index is 6.39. The first kappa shape index (κ1) is 24.8. The number of rotatable bonds is 5. The minimum absolute atomic E-state index is 0.0152. The van der Waals surface area contributed by atoms with Gasteiger partial charge in [-0.15, -0.1) is 0 Å². The monoisotopic (exact) mass is 549 g/mol. The Morgan fingerprint density at radius 3 is 1.85 bits per heavy atom. The molecule has 200 valence electrons. The van der Waals surface area contributed by atoms with Crippen LogP contribution in [0.4, 0.5) is 0 Å². The quantitative estimate of drug-likeness (QED) is 0.214. The number of hydrogen-bond donors (Lipinski definition) is 0. The zero-order valence-corrected chi connectivity index (χ0v) is 23.9. The van der Waals surface area contributed by atoms with Gasteiger partial charge in [-0.1, -0.05) is 121 Å². The summed E-state index contributed by atoms with van der Waals surface area (Å²) in [6, 6.07) is 46.8. The number of hydrogen-bond acceptors (Lipinski definition) is 2. The molecule has 0 amide bonds. The van der Waals surface area contributed by atoms with Gasteiger partial charge in [-0.3, -0.25) is 0 Å². The van der Waals surface area contributed by atoms with Crippen LogP contribution in [0.3, 0.4) is 0 Å². The van der Waals surface area contributed by atoms with Gasteiger partial charge in [0.15, 0.2) is 0 Å². The van der Waals surface area contributed by atoms with E-state index in [9.17, 15) is 0 Å². The molecule has 2 aliphatic carbocycles. The highest BCUT2D eigenvalue weighted by molar-refractivity contribution is 7.79. The van der Waals surface area contributed by atoms with E-state index in [0.29, 0.717) is 6.61 Å². The molecular weight excluding hydrogens is 517 g/mol. The van der Waals surface area contributed by atoms with Gasteiger partial charge < -0.3 is 4.74 Å². The normalized spacial score (nSPS) is 20.6. The fourth-order valence-electron chi connectivity index (χ4n) is 7.48. The van der Waals surface area contributed by atoms with Gasteiger partial charge in [-0.05, 0) is 83.4 Å². The highest BCUT2D eigenvalue weighted by Gasteiger charge is 2.49. The first-order valence-electron chi connectivity index (χ1n) is 14.7. The van der Waals surface area contributed by atoms with Crippen molar-refractivity contribution in [1.29, 1.82) is 0 Å². The van der Waals surface area contributed by atoms with E-state index >= 15 is 0 Å². The van der Waals surface area contributed by atoms with Crippen molar-refractivity contribution in [1.82, 2.24) is 0 Å². The summed E-state index contributed by atoms with van der Waals surface area (Å²) in [5.74, 6) is 0.816. The smallest absolute Gasteiger partial charge is 0.217 e. The Labute approximate surface area is 243 Å². The Hall–Kier alpha value is -4.00. The lowest BCUT2D eigenvalue weighted by Crippen LogP contribution is -2.32. The lowest BCUT2D eigenvalue weighted by Gasteiger charge is -2.33. The molecule has 0 aromatic heterocycles. The molecule has 2 atom stereocenters. The molecule has 0 fully saturated rings. The van der Waals surface area contributed by atoms with Gasteiger partial charge in [0.1, 0.15) is 12.6 Å². The molecule has 5 aromatic rings. The fraction of sp³-hybridized carbons (Fsp3) is 0.184. The summed E-state index contributed by atoms with van der Waals surface area (Å²) in [6.45, 7) is 0.602. The molecule has 8 rings (SSSR count). The predicted octanol–water partition coefficient (Wildman–Crippen LogP) is 7.14. The second kappa shape index (κ2) is 10.1. The van der Waals surface area contributed by atoms with Gasteiger partial charge in [0.25, 0.3) is 0 Å². The average molecular weight is 550 g/mol. The number of nitrogens with zero attached hydrogens (tertiary/aromatic N) is 1. The minimum atomic E-state index is -0.699. The van der Waals surface area contributed by atoms with Crippen molar-refractivity contribution >= 4 is 29.7 Å². The Balaban J connectivity index is 1.30. The van der Waals surface area contributed by atoms with Crippen molar-refractivity contribution in [3.8, 4) is 0 Å². The highest BCUT2D eigenvalue weighted by Crippen LogP contribution is 2.55. The van der Waals surface area contributed by atoms with Crippen molar-refractivity contribution < 1.29 is 4.74 Å². The van der Waals surface area contributed by atoms with E-state index in [4.69, 9.17) is 9.73 Å². The summed E-state index contributed by atoms with van der Waals surface area (Å²) in [5.41, 5.74) is 8.42. The van der Waals surface area contributed by atoms with E-state index in [0.717, 1.165) is 31.6 Å². The SMILES string of the molecule is c1ccc([C@H]2COC(c3cccc4c3C3(CC4)CCc4cccc(P(c5ccccc5)c5ccccc5)c43)=N2)cc1. The van der Waals surface area contributed by atoms with Gasteiger partial charge in [0.05, 0.1) is 0 Å². The number of aryl methyl sites for hydroxylation is 2. The molecule has 0 bridgehead atoms. The zero-order chi connectivity index (χ0) is 27.2. The largest absolute Gasteiger partial charge is 0.475 e. The fourth-order valence-corrected chi connectivity index (χ4v) is 10.1. The molecule has 1 spiro atoms. The summed E-state index contributed by atoms with van der Waals surface area (Å²) in [6.07, 6.45) is 4.50. The molecule has 3 heteroatoms. The van der Waals surface area contributed by atoms with Crippen LogP contribution in [0.1, 0.15) is 52.3 Å². The molecular formula is C38H32NOP. The van der Waals surface area contributed by atoms with E-state index in [-0.39, 0.29) is 11.5 Å². The summed E-state index contributed by atoms with van der Waals surface area (Å²) in [7, 11) is -0.699. The molecule has 1 aliphatic heterocycles. The van der Waals surface area contributed by atoms with Gasteiger partial charge >= 0.3 is 0 Å². The van der Waals surface area contributed by atoms with Gasteiger partial charge in [0.2, 0.25) is 5.90 Å². The van der Waals surface area contributed by atoms with Gasteiger partial charge in [-0.25, -0.2) is 4.99 Å². The van der Waals surface area contributed by atoms with E-state index in [2.05, 4.69) is 127 Å². The highest BCUT2D eigenvalue weighted by atomic mass is 31.1. The van der Waals surface area contributed by atoms with Crippen LogP contribution < -0.4 is 15.9 Å². The van der Waals surface area contributed by atoms with Gasteiger partial charge in [0, 0.05) is 11.0 Å². The maximum Gasteiger partial charge on any atom is 0.217 e. The molecule has 3 aliphatic rings. The molecule has 2 nitrogen and oxygen atoms in total. The Bertz CT molecular complexity index is 1700. The molecule has 0 N–H and O–H groups in total. The van der Waals surface area contributed by atoms with Gasteiger partial charge in [-0.2, -0.15) is 0 Å². The van der Waals surface area contributed by atoms with Crippen molar-refractivity contribution in [2.45, 2.75) is 37.1 Å². The first-order chi connectivity index (χ1) is 20.3. The topological polar surface area (TPSA) is 21.6 Å². The molecule has 5 aromatic carbocycles. The van der Waals surface area contributed by atoms with Crippen LogP contribution in [0.25, 0.3) is 0 Å². The summed E-state index contributed by atoms with van der Waals surface area (Å²) in [5, 5.41) is 4.32. The Morgan fingerprint density at radius 1 is 0.610 bits per heavy atom.